The Bertz CT molecular complexity index is 981. The smallest absolute Gasteiger partial charge is 0.257 e. The predicted octanol–water partition coefficient (Wildman–Crippen LogP) is 3.89. The van der Waals surface area contributed by atoms with Gasteiger partial charge in [0.25, 0.3) is 5.91 Å². The van der Waals surface area contributed by atoms with E-state index in [-0.39, 0.29) is 5.91 Å². The van der Waals surface area contributed by atoms with E-state index in [0.29, 0.717) is 43.7 Å². The van der Waals surface area contributed by atoms with Gasteiger partial charge in [-0.3, -0.25) is 9.48 Å². The third kappa shape index (κ3) is 4.40. The lowest BCUT2D eigenvalue weighted by atomic mass is 9.93. The summed E-state index contributed by atoms with van der Waals surface area (Å²) in [4.78, 5) is 15.2. The van der Waals surface area contributed by atoms with Crippen LogP contribution in [0.25, 0.3) is 11.3 Å². The third-order valence-electron chi connectivity index (χ3n) is 5.63. The van der Waals surface area contributed by atoms with Gasteiger partial charge >= 0.3 is 0 Å². The minimum absolute atomic E-state index is 0.0182. The molecule has 0 atom stereocenters. The van der Waals surface area contributed by atoms with E-state index in [0.717, 1.165) is 11.1 Å². The number of aromatic nitrogens is 2. The van der Waals surface area contributed by atoms with E-state index in [1.807, 2.05) is 72.1 Å². The molecule has 1 saturated heterocycles. The van der Waals surface area contributed by atoms with Gasteiger partial charge in [0.2, 0.25) is 0 Å². The lowest BCUT2D eigenvalue weighted by Gasteiger charge is -2.35. The average molecular weight is 389 g/mol. The number of piperidine rings is 1. The second-order valence-corrected chi connectivity index (χ2v) is 8.23. The van der Waals surface area contributed by atoms with E-state index in [4.69, 9.17) is 5.10 Å². The molecule has 4 rings (SSSR count). The minimum Gasteiger partial charge on any atom is -0.390 e. The molecule has 1 N–H and O–H groups in total. The Morgan fingerprint density at radius 2 is 1.72 bits per heavy atom. The Hall–Kier alpha value is -2.92. The number of aliphatic hydroxyl groups is 1. The van der Waals surface area contributed by atoms with E-state index < -0.39 is 5.60 Å². The van der Waals surface area contributed by atoms with Crippen molar-refractivity contribution in [2.24, 2.45) is 0 Å². The number of aryl methyl sites for hydroxylation is 1. The number of hydrogen-bond donors (Lipinski definition) is 1. The zero-order valence-corrected chi connectivity index (χ0v) is 17.0. The molecule has 150 valence electrons. The van der Waals surface area contributed by atoms with Crippen molar-refractivity contribution in [1.82, 2.24) is 14.7 Å². The third-order valence-corrected chi connectivity index (χ3v) is 5.63. The Morgan fingerprint density at radius 1 is 1.07 bits per heavy atom. The molecule has 29 heavy (non-hydrogen) atoms. The molecule has 1 fully saturated rings. The monoisotopic (exact) mass is 389 g/mol. The molecule has 1 aliphatic heterocycles. The molecule has 1 aromatic heterocycles. The fourth-order valence-electron chi connectivity index (χ4n) is 3.72. The first-order chi connectivity index (χ1) is 13.9. The van der Waals surface area contributed by atoms with E-state index in [1.54, 1.807) is 0 Å². The molecule has 0 aliphatic carbocycles. The Labute approximate surface area is 171 Å². The van der Waals surface area contributed by atoms with Crippen molar-refractivity contribution in [3.8, 4) is 11.3 Å². The zero-order valence-electron chi connectivity index (χ0n) is 17.0. The van der Waals surface area contributed by atoms with E-state index in [1.165, 1.54) is 5.56 Å². The molecule has 1 amide bonds. The van der Waals surface area contributed by atoms with Gasteiger partial charge in [-0.05, 0) is 32.3 Å². The molecule has 3 aromatic rings. The summed E-state index contributed by atoms with van der Waals surface area (Å²) in [5.74, 6) is -0.0182. The molecule has 2 aromatic carbocycles. The van der Waals surface area contributed by atoms with Gasteiger partial charge in [0.05, 0.1) is 17.7 Å². The normalized spacial score (nSPS) is 16.0. The highest BCUT2D eigenvalue weighted by atomic mass is 16.3. The summed E-state index contributed by atoms with van der Waals surface area (Å²) < 4.78 is 1.85. The van der Waals surface area contributed by atoms with Gasteiger partial charge in [0.1, 0.15) is 5.69 Å². The SMILES string of the molecule is Cc1ccc(-c2nn(Cc3ccccc3)cc2C(=O)N2CCC(C)(O)CC2)cc1. The van der Waals surface area contributed by atoms with E-state index in [2.05, 4.69) is 12.1 Å². The fourth-order valence-corrected chi connectivity index (χ4v) is 3.72. The van der Waals surface area contributed by atoms with Crippen LogP contribution in [0.2, 0.25) is 0 Å². The van der Waals surface area contributed by atoms with Gasteiger partial charge in [0, 0.05) is 24.8 Å². The summed E-state index contributed by atoms with van der Waals surface area (Å²) in [6.45, 7) is 5.61. The Morgan fingerprint density at radius 3 is 2.38 bits per heavy atom. The zero-order chi connectivity index (χ0) is 20.4. The van der Waals surface area contributed by atoms with E-state index >= 15 is 0 Å². The van der Waals surface area contributed by atoms with Gasteiger partial charge in [0.15, 0.2) is 0 Å². The van der Waals surface area contributed by atoms with Gasteiger partial charge in [-0.1, -0.05) is 60.2 Å². The van der Waals surface area contributed by atoms with Crippen molar-refractivity contribution >= 4 is 5.91 Å². The van der Waals surface area contributed by atoms with Crippen LogP contribution in [0.4, 0.5) is 0 Å². The molecular formula is C24H27N3O2. The van der Waals surface area contributed by atoms with Crippen molar-refractivity contribution in [1.29, 1.82) is 0 Å². The summed E-state index contributed by atoms with van der Waals surface area (Å²) >= 11 is 0. The summed E-state index contributed by atoms with van der Waals surface area (Å²) in [5.41, 5.74) is 3.89. The number of hydrogen-bond acceptors (Lipinski definition) is 3. The van der Waals surface area contributed by atoms with Crippen molar-refractivity contribution in [2.75, 3.05) is 13.1 Å². The van der Waals surface area contributed by atoms with Crippen LogP contribution in [0, 0.1) is 6.92 Å². The maximum atomic E-state index is 13.3. The molecule has 2 heterocycles. The first-order valence-corrected chi connectivity index (χ1v) is 10.1. The number of benzene rings is 2. The molecule has 0 unspecified atom stereocenters. The van der Waals surface area contributed by atoms with Crippen molar-refractivity contribution in [3.63, 3.8) is 0 Å². The van der Waals surface area contributed by atoms with Crippen LogP contribution in [0.1, 0.15) is 41.3 Å². The number of carbonyl (C=O) groups excluding carboxylic acids is 1. The average Bonchev–Trinajstić information content (AvgIpc) is 3.12. The van der Waals surface area contributed by atoms with Gasteiger partial charge < -0.3 is 10.0 Å². The molecule has 5 heteroatoms. The van der Waals surface area contributed by atoms with Crippen molar-refractivity contribution < 1.29 is 9.90 Å². The quantitative estimate of drug-likeness (QED) is 0.736. The topological polar surface area (TPSA) is 58.4 Å². The van der Waals surface area contributed by atoms with Gasteiger partial charge in [-0.15, -0.1) is 0 Å². The fraction of sp³-hybridized carbons (Fsp3) is 0.333. The molecule has 0 bridgehead atoms. The molecular weight excluding hydrogens is 362 g/mol. The maximum Gasteiger partial charge on any atom is 0.257 e. The lowest BCUT2D eigenvalue weighted by Crippen LogP contribution is -2.45. The first-order valence-electron chi connectivity index (χ1n) is 10.1. The van der Waals surface area contributed by atoms with Crippen LogP contribution in [0.15, 0.2) is 60.8 Å². The Kier molecular flexibility index (Phi) is 5.24. The number of carbonyl (C=O) groups is 1. The second-order valence-electron chi connectivity index (χ2n) is 8.23. The first kappa shape index (κ1) is 19.4. The number of rotatable bonds is 4. The highest BCUT2D eigenvalue weighted by Gasteiger charge is 2.31. The van der Waals surface area contributed by atoms with Crippen LogP contribution >= 0.6 is 0 Å². The van der Waals surface area contributed by atoms with Crippen molar-refractivity contribution in [2.45, 2.75) is 38.8 Å². The number of nitrogens with zero attached hydrogens (tertiary/aromatic N) is 3. The summed E-state index contributed by atoms with van der Waals surface area (Å²) in [7, 11) is 0. The summed E-state index contributed by atoms with van der Waals surface area (Å²) in [6, 6.07) is 18.2. The molecule has 0 radical (unpaired) electrons. The lowest BCUT2D eigenvalue weighted by molar-refractivity contribution is -0.00200. The molecule has 0 saturated carbocycles. The number of likely N-dealkylation sites (tertiary alicyclic amines) is 1. The Balaban J connectivity index is 1.67. The van der Waals surface area contributed by atoms with Crippen LogP contribution in [-0.4, -0.2) is 44.4 Å². The minimum atomic E-state index is -0.686. The molecule has 0 spiro atoms. The van der Waals surface area contributed by atoms with Crippen molar-refractivity contribution in [3.05, 3.63) is 77.5 Å². The number of amides is 1. The standard InChI is InChI=1S/C24H27N3O2/c1-18-8-10-20(11-9-18)22-21(23(28)26-14-12-24(2,29)13-15-26)17-27(25-22)16-19-6-4-3-5-7-19/h3-11,17,29H,12-16H2,1-2H3. The highest BCUT2D eigenvalue weighted by Crippen LogP contribution is 2.27. The van der Waals surface area contributed by atoms with Crippen LogP contribution in [0.5, 0.6) is 0 Å². The summed E-state index contributed by atoms with van der Waals surface area (Å²) in [6.07, 6.45) is 3.05. The predicted molar refractivity (Wildman–Crippen MR) is 114 cm³/mol. The summed E-state index contributed by atoms with van der Waals surface area (Å²) in [5, 5.41) is 15.0. The molecule has 1 aliphatic rings. The van der Waals surface area contributed by atoms with Gasteiger partial charge in [-0.2, -0.15) is 5.10 Å². The van der Waals surface area contributed by atoms with Gasteiger partial charge in [-0.25, -0.2) is 0 Å². The van der Waals surface area contributed by atoms with Crippen LogP contribution in [0.3, 0.4) is 0 Å². The van der Waals surface area contributed by atoms with E-state index in [9.17, 15) is 9.90 Å². The van der Waals surface area contributed by atoms with Crippen LogP contribution in [-0.2, 0) is 6.54 Å². The molecule has 5 nitrogen and oxygen atoms in total. The largest absolute Gasteiger partial charge is 0.390 e. The maximum absolute atomic E-state index is 13.3. The highest BCUT2D eigenvalue weighted by molar-refractivity contribution is 5.99. The second kappa shape index (κ2) is 7.84. The van der Waals surface area contributed by atoms with Crippen LogP contribution < -0.4 is 0 Å².